The number of benzene rings is 5. The van der Waals surface area contributed by atoms with E-state index in [4.69, 9.17) is 9.84 Å². The quantitative estimate of drug-likeness (QED) is 0.155. The normalized spacial score (nSPS) is 13.3. The Hall–Kier alpha value is -5.13. The second-order valence-electron chi connectivity index (χ2n) is 18.3. The van der Waals surface area contributed by atoms with Gasteiger partial charge in [-0.25, -0.2) is 0 Å². The predicted molar refractivity (Wildman–Crippen MR) is 241 cm³/mol. The molecule has 2 aromatic heterocycles. The zero-order valence-corrected chi connectivity index (χ0v) is 39.3. The number of fused-ring (bicyclic) bond motifs is 3. The van der Waals surface area contributed by atoms with E-state index >= 15 is 0 Å². The smallest absolute Gasteiger partial charge is 0.500 e. The Balaban J connectivity index is 0.00000528. The van der Waals surface area contributed by atoms with Gasteiger partial charge in [0.25, 0.3) is 0 Å². The second kappa shape index (κ2) is 15.2. The first kappa shape index (κ1) is 42.0. The van der Waals surface area contributed by atoms with Crippen LogP contribution in [0.4, 0.5) is 11.4 Å². The van der Waals surface area contributed by atoms with Crippen LogP contribution in [0.25, 0.3) is 33.4 Å². The van der Waals surface area contributed by atoms with Crippen molar-refractivity contribution in [2.45, 2.75) is 108 Å². The molecule has 3 heterocycles. The molecule has 0 unspecified atom stereocenters. The summed E-state index contributed by atoms with van der Waals surface area (Å²) < 4.78 is 11.3. The van der Waals surface area contributed by atoms with Crippen LogP contribution in [-0.4, -0.2) is 19.3 Å². The van der Waals surface area contributed by atoms with Crippen LogP contribution in [-0.2, 0) is 31.9 Å². The Morgan fingerprint density at radius 1 is 0.627 bits per heavy atom. The third-order valence-electron chi connectivity index (χ3n) is 12.4. The minimum Gasteiger partial charge on any atom is -0.500 e. The largest absolute Gasteiger partial charge is 2.00 e. The zero-order valence-electron chi connectivity index (χ0n) is 37.0. The Morgan fingerprint density at radius 3 is 1.86 bits per heavy atom. The number of anilines is 2. The molecule has 1 aliphatic heterocycles. The molecule has 0 radical (unpaired) electrons. The van der Waals surface area contributed by atoms with E-state index in [2.05, 4.69) is 207 Å². The molecular formula is C51H56N6OPt. The Kier molecular flexibility index (Phi) is 10.8. The van der Waals surface area contributed by atoms with Crippen LogP contribution in [0.3, 0.4) is 0 Å². The summed E-state index contributed by atoms with van der Waals surface area (Å²) in [5.41, 5.74) is 17.7. The van der Waals surface area contributed by atoms with E-state index in [1.54, 1.807) is 0 Å². The molecular weight excluding hydrogens is 908 g/mol. The molecule has 0 spiro atoms. The molecule has 0 amide bonds. The molecule has 5 aromatic carbocycles. The maximum absolute atomic E-state index is 6.92. The van der Waals surface area contributed by atoms with Crippen molar-refractivity contribution in [1.82, 2.24) is 19.3 Å². The van der Waals surface area contributed by atoms with Gasteiger partial charge in [-0.1, -0.05) is 71.9 Å². The van der Waals surface area contributed by atoms with Gasteiger partial charge in [-0.2, -0.15) is 0 Å². The molecule has 0 saturated carbocycles. The average molecular weight is 964 g/mol. The summed E-state index contributed by atoms with van der Waals surface area (Å²) >= 11 is 0. The first-order valence-corrected chi connectivity index (χ1v) is 20.3. The van der Waals surface area contributed by atoms with Crippen molar-refractivity contribution in [3.63, 3.8) is 0 Å². The monoisotopic (exact) mass is 963 g/mol. The standard InChI is InChI=1S/C51H56N6O.Pt/c1-30-23-38(50(9,10)11)24-31(2)46(30)56-28-52-53-49(56)57-44-18-16-15-17-42(44)43-19-20-45(37(8)48(43)57)58-41-26-39(51(12,13)14)25-40(27-41)54-21-22-55(29-54)47-35(6)33(4)32(3)34(5)36(47)7;/h15-26,28-29H,1-14H3;/q-2;+2. The van der Waals surface area contributed by atoms with Crippen molar-refractivity contribution < 1.29 is 25.8 Å². The number of nitrogens with zero attached hydrogens (tertiary/aromatic N) is 6. The number of para-hydroxylation sites is 1. The molecule has 8 rings (SSSR count). The van der Waals surface area contributed by atoms with Crippen molar-refractivity contribution in [2.24, 2.45) is 0 Å². The molecule has 0 saturated heterocycles. The van der Waals surface area contributed by atoms with Gasteiger partial charge in [0.1, 0.15) is 12.1 Å². The maximum Gasteiger partial charge on any atom is 2.00 e. The molecule has 59 heavy (non-hydrogen) atoms. The molecule has 8 heteroatoms. The maximum atomic E-state index is 6.92. The minimum atomic E-state index is -0.125. The molecule has 1 aliphatic rings. The van der Waals surface area contributed by atoms with Crippen molar-refractivity contribution in [1.29, 1.82) is 0 Å². The van der Waals surface area contributed by atoms with Crippen LogP contribution in [0.5, 0.6) is 11.5 Å². The van der Waals surface area contributed by atoms with Crippen molar-refractivity contribution >= 4 is 33.2 Å². The van der Waals surface area contributed by atoms with Crippen molar-refractivity contribution in [3.8, 4) is 23.1 Å². The number of aryl methyl sites for hydroxylation is 3. The van der Waals surface area contributed by atoms with Crippen molar-refractivity contribution in [3.05, 3.63) is 148 Å². The summed E-state index contributed by atoms with van der Waals surface area (Å²) in [4.78, 5) is 4.38. The van der Waals surface area contributed by atoms with Gasteiger partial charge in [-0.05, 0) is 141 Å². The summed E-state index contributed by atoms with van der Waals surface area (Å²) in [6.07, 6.45) is 6.08. The van der Waals surface area contributed by atoms with E-state index in [1.807, 2.05) is 6.33 Å². The summed E-state index contributed by atoms with van der Waals surface area (Å²) in [6, 6.07) is 25.4. The number of hydrogen-bond acceptors (Lipinski definition) is 5. The van der Waals surface area contributed by atoms with E-state index in [0.29, 0.717) is 5.75 Å². The minimum absolute atomic E-state index is 0. The number of rotatable bonds is 6. The summed E-state index contributed by atoms with van der Waals surface area (Å²) in [5, 5.41) is 11.6. The number of aromatic nitrogens is 4. The van der Waals surface area contributed by atoms with Crippen LogP contribution in [0.15, 0.2) is 79.4 Å². The molecule has 306 valence electrons. The molecule has 7 aromatic rings. The van der Waals surface area contributed by atoms with E-state index in [0.717, 1.165) is 56.0 Å². The van der Waals surface area contributed by atoms with Gasteiger partial charge in [0.05, 0.1) is 16.7 Å². The fourth-order valence-corrected chi connectivity index (χ4v) is 8.60. The van der Waals surface area contributed by atoms with Gasteiger partial charge in [0.2, 0.25) is 5.95 Å². The average Bonchev–Trinajstić information content (AvgIpc) is 3.92. The van der Waals surface area contributed by atoms with Crippen LogP contribution in [0.2, 0.25) is 0 Å². The third-order valence-corrected chi connectivity index (χ3v) is 12.4. The summed E-state index contributed by atoms with van der Waals surface area (Å²) in [6.45, 7) is 33.3. The van der Waals surface area contributed by atoms with Crippen LogP contribution in [0.1, 0.15) is 97.2 Å². The topological polar surface area (TPSA) is 51.4 Å². The van der Waals surface area contributed by atoms with Crippen LogP contribution >= 0.6 is 0 Å². The summed E-state index contributed by atoms with van der Waals surface area (Å²) in [7, 11) is 0. The Bertz CT molecular complexity index is 2760. The molecule has 0 aliphatic carbocycles. The van der Waals surface area contributed by atoms with E-state index in [1.165, 1.54) is 50.2 Å². The molecule has 0 N–H and O–H groups in total. The molecule has 0 fully saturated rings. The van der Waals surface area contributed by atoms with Gasteiger partial charge in [0.15, 0.2) is 0 Å². The van der Waals surface area contributed by atoms with Gasteiger partial charge in [0, 0.05) is 27.8 Å². The SMILES string of the molecule is Cc1cc(C(C)(C)C)cc(C)c1-n1cnnc1-n1c2ccccc2c2ccc(Oc3[c-]c(N4C=CN(c5c(C)c(C)c(C)c(C)c5C)[CH-]4)cc(C(C)(C)C)c3)c(C)c21.[Pt+2]. The fraction of sp³-hybridized carbons (Fsp3) is 0.314. The first-order valence-electron chi connectivity index (χ1n) is 20.3. The fourth-order valence-electron chi connectivity index (χ4n) is 8.60. The first-order chi connectivity index (χ1) is 27.3. The predicted octanol–water partition coefficient (Wildman–Crippen LogP) is 12.9. The van der Waals surface area contributed by atoms with Crippen molar-refractivity contribution in [2.75, 3.05) is 9.80 Å². The number of hydrogen-bond donors (Lipinski definition) is 0. The molecule has 0 bridgehead atoms. The van der Waals surface area contributed by atoms with Gasteiger partial charge >= 0.3 is 21.1 Å². The van der Waals surface area contributed by atoms with E-state index < -0.39 is 0 Å². The van der Waals surface area contributed by atoms with E-state index in [9.17, 15) is 0 Å². The Morgan fingerprint density at radius 2 is 1.22 bits per heavy atom. The third kappa shape index (κ3) is 7.20. The van der Waals surface area contributed by atoms with Gasteiger partial charge in [-0.15, -0.1) is 46.3 Å². The number of ether oxygens (including phenoxy) is 1. The Labute approximate surface area is 365 Å². The summed E-state index contributed by atoms with van der Waals surface area (Å²) in [5.74, 6) is 2.16. The van der Waals surface area contributed by atoms with Gasteiger partial charge in [-0.3, -0.25) is 9.13 Å². The molecule has 0 atom stereocenters. The van der Waals surface area contributed by atoms with Crippen LogP contribution < -0.4 is 14.5 Å². The zero-order chi connectivity index (χ0) is 41.6. The van der Waals surface area contributed by atoms with Crippen LogP contribution in [0, 0.1) is 68.1 Å². The second-order valence-corrected chi connectivity index (χ2v) is 18.3. The molecule has 7 nitrogen and oxygen atoms in total. The van der Waals surface area contributed by atoms with Gasteiger partial charge < -0.3 is 14.5 Å². The van der Waals surface area contributed by atoms with E-state index in [-0.39, 0.29) is 31.9 Å².